The van der Waals surface area contributed by atoms with E-state index in [2.05, 4.69) is 137 Å². The minimum atomic E-state index is -0.282. The van der Waals surface area contributed by atoms with Gasteiger partial charge in [-0.1, -0.05) is 101 Å². The van der Waals surface area contributed by atoms with Gasteiger partial charge >= 0.3 is 11.9 Å². The third-order valence-electron chi connectivity index (χ3n) is 21.1. The Morgan fingerprint density at radius 1 is 0.486 bits per heavy atom. The number of piperidine rings is 2. The number of benzene rings is 4. The molecule has 8 rings (SSSR count). The van der Waals surface area contributed by atoms with Crippen molar-refractivity contribution >= 4 is 23.5 Å². The minimum Gasteiger partial charge on any atom is -0.490 e. The van der Waals surface area contributed by atoms with E-state index in [0.717, 1.165) is 144 Å². The predicted octanol–water partition coefficient (Wildman–Crippen LogP) is 14.9. The lowest BCUT2D eigenvalue weighted by atomic mass is 9.88. The molecule has 0 bridgehead atoms. The molecule has 0 radical (unpaired) electrons. The average Bonchev–Trinajstić information content (AvgIpc) is 1.04. The zero-order chi connectivity index (χ0) is 75.2. The van der Waals surface area contributed by atoms with Crippen LogP contribution in [0.5, 0.6) is 23.0 Å². The van der Waals surface area contributed by atoms with Crippen LogP contribution in [0.1, 0.15) is 211 Å². The molecule has 2 fully saturated rings. The van der Waals surface area contributed by atoms with Crippen LogP contribution in [-0.4, -0.2) is 167 Å². The molecule has 2 aromatic heterocycles. The monoisotopic (exact) mass is 1450 g/mol. The zero-order valence-corrected chi connectivity index (χ0v) is 65.9. The Balaban J connectivity index is 0.706. The average molecular weight is 1450 g/mol. The van der Waals surface area contributed by atoms with Crippen LogP contribution in [0, 0.1) is 47.0 Å². The van der Waals surface area contributed by atoms with Gasteiger partial charge in [0.05, 0.1) is 117 Å². The molecule has 4 heterocycles. The van der Waals surface area contributed by atoms with Gasteiger partial charge in [-0.25, -0.2) is 9.36 Å². The van der Waals surface area contributed by atoms with Gasteiger partial charge in [0, 0.05) is 67.5 Å². The number of esters is 2. The summed E-state index contributed by atoms with van der Waals surface area (Å²) in [5.41, 5.74) is 12.4. The van der Waals surface area contributed by atoms with Crippen LogP contribution >= 0.6 is 0 Å². The van der Waals surface area contributed by atoms with Gasteiger partial charge in [0.15, 0.2) is 34.6 Å². The van der Waals surface area contributed by atoms with E-state index in [9.17, 15) is 19.2 Å². The fourth-order valence-corrected chi connectivity index (χ4v) is 15.4. The van der Waals surface area contributed by atoms with E-state index in [1.54, 1.807) is 9.36 Å². The highest BCUT2D eigenvalue weighted by molar-refractivity contribution is 5.86. The van der Waals surface area contributed by atoms with E-state index in [0.29, 0.717) is 191 Å². The Hall–Kier alpha value is -7.20. The van der Waals surface area contributed by atoms with Crippen molar-refractivity contribution in [2.24, 2.45) is 5.41 Å². The van der Waals surface area contributed by atoms with Crippen molar-refractivity contribution in [2.45, 2.75) is 250 Å². The lowest BCUT2D eigenvalue weighted by molar-refractivity contribution is -0.959. The number of carbonyl (C=O) groups is 4. The summed E-state index contributed by atoms with van der Waals surface area (Å²) in [5, 5.41) is 17.6. The third kappa shape index (κ3) is 25.5. The van der Waals surface area contributed by atoms with Crippen molar-refractivity contribution < 1.29 is 66.0 Å². The lowest BCUT2D eigenvalue weighted by Crippen LogP contribution is -2.61. The molecule has 0 amide bonds. The number of nitrogens with zero attached hydrogens (tertiary/aromatic N) is 8. The largest absolute Gasteiger partial charge is 0.490 e. The van der Waals surface area contributed by atoms with E-state index in [4.69, 9.17) is 37.9 Å². The number of aromatic nitrogens is 6. The quantitative estimate of drug-likeness (QED) is 0.0151. The topological polar surface area (TPSA) is 204 Å². The van der Waals surface area contributed by atoms with E-state index in [-0.39, 0.29) is 29.4 Å². The smallest absolute Gasteiger partial charge is 0.311 e. The maximum Gasteiger partial charge on any atom is 0.311 e. The second-order valence-corrected chi connectivity index (χ2v) is 30.7. The maximum atomic E-state index is 14.5. The zero-order valence-electron chi connectivity index (χ0n) is 65.9. The summed E-state index contributed by atoms with van der Waals surface area (Å²) < 4.78 is 54.0. The van der Waals surface area contributed by atoms with E-state index in [1.165, 1.54) is 22.3 Å². The van der Waals surface area contributed by atoms with Crippen molar-refractivity contribution in [3.05, 3.63) is 140 Å². The number of carbonyl (C=O) groups excluding carboxylic acids is 4. The highest BCUT2D eigenvalue weighted by atomic mass is 16.6. The first-order chi connectivity index (χ1) is 50.7. The van der Waals surface area contributed by atoms with Crippen LogP contribution in [0.3, 0.4) is 0 Å². The Bertz CT molecular complexity index is 3440. The first-order valence-electron chi connectivity index (χ1n) is 39.6. The van der Waals surface area contributed by atoms with Crippen molar-refractivity contribution in [1.29, 1.82) is 0 Å². The molecule has 4 aromatic carbocycles. The highest BCUT2D eigenvalue weighted by Crippen LogP contribution is 2.40. The molecule has 4 unspecified atom stereocenters. The van der Waals surface area contributed by atoms with Crippen LogP contribution in [-0.2, 0) is 90.0 Å². The summed E-state index contributed by atoms with van der Waals surface area (Å²) in [6.07, 6.45) is 19.7. The van der Waals surface area contributed by atoms with Crippen molar-refractivity contribution in [3.8, 4) is 23.0 Å². The molecule has 6 aromatic rings. The molecule has 0 saturated carbocycles. The molecule has 0 aliphatic carbocycles. The summed E-state index contributed by atoms with van der Waals surface area (Å²) in [4.78, 5) is 54.9. The van der Waals surface area contributed by atoms with Crippen LogP contribution in [0.2, 0.25) is 0 Å². The van der Waals surface area contributed by atoms with Gasteiger partial charge in [0.2, 0.25) is 0 Å². The molecule has 2 saturated heterocycles. The fraction of sp³-hybridized carbons (Fsp3) is 0.624. The summed E-state index contributed by atoms with van der Waals surface area (Å²) in [5.74, 6) is 2.13. The molecular formula is C85H126N8O12+2. The Morgan fingerprint density at radius 2 is 0.886 bits per heavy atom. The fourth-order valence-electron chi connectivity index (χ4n) is 15.4. The highest BCUT2D eigenvalue weighted by Gasteiger charge is 2.45. The number of aryl methyl sites for hydroxylation is 8. The summed E-state index contributed by atoms with van der Waals surface area (Å²) in [6, 6.07) is 20.8. The number of ketones is 2. The Kier molecular flexibility index (Phi) is 33.7. The van der Waals surface area contributed by atoms with E-state index in [1.807, 2.05) is 40.1 Å². The van der Waals surface area contributed by atoms with Crippen LogP contribution in [0.25, 0.3) is 0 Å². The molecular weight excluding hydrogens is 1320 g/mol. The van der Waals surface area contributed by atoms with Gasteiger partial charge in [0.1, 0.15) is 25.2 Å². The lowest BCUT2D eigenvalue weighted by Gasteiger charge is -2.47. The minimum absolute atomic E-state index is 0.0867. The van der Waals surface area contributed by atoms with E-state index < -0.39 is 0 Å². The van der Waals surface area contributed by atoms with Crippen LogP contribution in [0.15, 0.2) is 73.1 Å². The number of unbranched alkanes of at least 4 members (excludes halogenated alkanes) is 2. The van der Waals surface area contributed by atoms with Gasteiger partial charge in [0.25, 0.3) is 0 Å². The number of rotatable bonds is 48. The molecule has 4 atom stereocenters. The predicted molar refractivity (Wildman–Crippen MR) is 410 cm³/mol. The SMILES string of the molecule is CCCC[N+]1(Cc2cc(C)c(OC(=O)CCC)c(OCCCc3cn(CCOCCOCC(C)(C)COCCOCCn4cc(CCCOc5cc(C[N+]6(CCCC)CCCCC6C(=O)Cc6c(C)cccc6C)cc(C)c5OC(=O)CCC)nn4)nn3)c2)CCCCC1C(=O)Cc1c(C)cccc1C. The number of hydrogen-bond acceptors (Lipinski definition) is 16. The van der Waals surface area contributed by atoms with Gasteiger partial charge in [-0.15, -0.1) is 10.2 Å². The second-order valence-electron chi connectivity index (χ2n) is 30.7. The first kappa shape index (κ1) is 83.4. The number of quaternary nitrogens is 2. The summed E-state index contributed by atoms with van der Waals surface area (Å²) >= 11 is 0. The Morgan fingerprint density at radius 3 is 1.28 bits per heavy atom. The molecule has 576 valence electrons. The molecule has 0 spiro atoms. The van der Waals surface area contributed by atoms with Crippen molar-refractivity contribution in [1.82, 2.24) is 30.0 Å². The molecule has 20 nitrogen and oxygen atoms in total. The molecule has 20 heteroatoms. The van der Waals surface area contributed by atoms with Crippen LogP contribution < -0.4 is 18.9 Å². The van der Waals surface area contributed by atoms with E-state index >= 15 is 0 Å². The van der Waals surface area contributed by atoms with Gasteiger partial charge in [-0.3, -0.25) is 19.2 Å². The van der Waals surface area contributed by atoms with Crippen LogP contribution in [0.4, 0.5) is 0 Å². The third-order valence-corrected chi connectivity index (χ3v) is 21.1. The molecule has 105 heavy (non-hydrogen) atoms. The van der Waals surface area contributed by atoms with Crippen molar-refractivity contribution in [2.75, 3.05) is 92.2 Å². The standard InChI is InChI=1S/C85H126N8O12/c1-13-17-39-92(41-21-19-35-75(92)77(94)55-73-63(5)29-23-30-64(73)6)59-69-51-67(9)83(104-81(96)27-15-3)79(53-69)102-43-25-33-71-57-90(88-86-71)37-45-98-47-49-100-61-85(11,12)62-101-50-48-99-46-38-91-58-72(87-89-91)34-26-44-103-80-54-70(52-68(10)84(80)105-82(97)28-16-4)60-93(40-18-14-2)42-22-20-36-76(93)78(95)56-74-65(7)31-24-32-66(74)8/h23-24,29-32,51-54,57-58,75-76H,13-22,25-28,33-50,55-56,59-62H2,1-12H3/q+2. The normalized spacial score (nSPS) is 17.6. The summed E-state index contributed by atoms with van der Waals surface area (Å²) in [6.45, 7) is 35.9. The number of likely N-dealkylation sites (tertiary alicyclic amines) is 2. The van der Waals surface area contributed by atoms with Gasteiger partial charge in [-0.05, 0) is 187 Å². The molecule has 0 N–H and O–H groups in total. The van der Waals surface area contributed by atoms with Crippen molar-refractivity contribution in [3.63, 3.8) is 0 Å². The first-order valence-corrected chi connectivity index (χ1v) is 39.6. The maximum absolute atomic E-state index is 14.5. The number of Topliss-reactive ketones (excluding diaryl/α,β-unsaturated/α-hetero) is 2. The van der Waals surface area contributed by atoms with Gasteiger partial charge < -0.3 is 46.9 Å². The Labute approximate surface area is 627 Å². The summed E-state index contributed by atoms with van der Waals surface area (Å²) in [7, 11) is 0. The molecule has 2 aliphatic rings. The van der Waals surface area contributed by atoms with Gasteiger partial charge in [-0.2, -0.15) is 0 Å². The molecule has 2 aliphatic heterocycles. The number of hydrogen-bond donors (Lipinski definition) is 0. The second kappa shape index (κ2) is 42.4. The number of ether oxygens (including phenoxy) is 8.